The normalized spacial score (nSPS) is 16.7. The van der Waals surface area contributed by atoms with Gasteiger partial charge in [0.1, 0.15) is 11.9 Å². The van der Waals surface area contributed by atoms with Gasteiger partial charge in [-0.25, -0.2) is 4.98 Å². The molecule has 1 aliphatic heterocycles. The second-order valence-corrected chi connectivity index (χ2v) is 6.46. The number of nitrogens with zero attached hydrogens (tertiary/aromatic N) is 2. The highest BCUT2D eigenvalue weighted by Crippen LogP contribution is 2.32. The summed E-state index contributed by atoms with van der Waals surface area (Å²) in [4.78, 5) is 4.68. The van der Waals surface area contributed by atoms with E-state index in [1.165, 1.54) is 5.56 Å². The Kier molecular flexibility index (Phi) is 3.36. The van der Waals surface area contributed by atoms with E-state index >= 15 is 0 Å². The standard InChI is InChI=1S/C18H15BrN2O/c19-14-6-7-15-13(10-14)8-9-21-11-16(20-18(21)17(15)22)12-4-2-1-3-5-12/h1-7,10-11,17,22H,8-9H2. The Morgan fingerprint density at radius 2 is 1.95 bits per heavy atom. The lowest BCUT2D eigenvalue weighted by Crippen LogP contribution is -2.06. The van der Waals surface area contributed by atoms with Gasteiger partial charge >= 0.3 is 0 Å². The number of hydrogen-bond donors (Lipinski definition) is 1. The first kappa shape index (κ1) is 13.7. The van der Waals surface area contributed by atoms with Crippen LogP contribution in [0.15, 0.2) is 59.2 Å². The van der Waals surface area contributed by atoms with Gasteiger partial charge in [-0.15, -0.1) is 0 Å². The molecule has 1 aliphatic rings. The molecule has 3 nitrogen and oxygen atoms in total. The summed E-state index contributed by atoms with van der Waals surface area (Å²) in [7, 11) is 0. The number of imidazole rings is 1. The molecular formula is C18H15BrN2O. The third-order valence-electron chi connectivity index (χ3n) is 4.14. The second kappa shape index (κ2) is 5.38. The molecular weight excluding hydrogens is 340 g/mol. The third kappa shape index (κ3) is 2.28. The monoisotopic (exact) mass is 354 g/mol. The average Bonchev–Trinajstić information content (AvgIpc) is 2.92. The molecule has 2 heterocycles. The van der Waals surface area contributed by atoms with E-state index < -0.39 is 6.10 Å². The van der Waals surface area contributed by atoms with Crippen molar-refractivity contribution in [1.29, 1.82) is 0 Å². The molecule has 2 aromatic carbocycles. The van der Waals surface area contributed by atoms with Crippen LogP contribution in [0.5, 0.6) is 0 Å². The number of benzene rings is 2. The highest BCUT2D eigenvalue weighted by atomic mass is 79.9. The summed E-state index contributed by atoms with van der Waals surface area (Å²) < 4.78 is 3.11. The first-order valence-corrected chi connectivity index (χ1v) is 8.10. The topological polar surface area (TPSA) is 38.0 Å². The first-order chi connectivity index (χ1) is 10.7. The van der Waals surface area contributed by atoms with E-state index in [0.29, 0.717) is 0 Å². The molecule has 110 valence electrons. The zero-order valence-electron chi connectivity index (χ0n) is 11.9. The molecule has 0 spiro atoms. The van der Waals surface area contributed by atoms with Gasteiger partial charge in [0.2, 0.25) is 0 Å². The minimum Gasteiger partial charge on any atom is -0.380 e. The smallest absolute Gasteiger partial charge is 0.143 e. The molecule has 1 aromatic heterocycles. The Morgan fingerprint density at radius 1 is 1.14 bits per heavy atom. The van der Waals surface area contributed by atoms with E-state index in [4.69, 9.17) is 0 Å². The van der Waals surface area contributed by atoms with Crippen LogP contribution in [-0.4, -0.2) is 14.7 Å². The zero-order valence-corrected chi connectivity index (χ0v) is 13.5. The van der Waals surface area contributed by atoms with Gasteiger partial charge in [0.25, 0.3) is 0 Å². The molecule has 0 bridgehead atoms. The molecule has 1 unspecified atom stereocenters. The molecule has 0 amide bonds. The van der Waals surface area contributed by atoms with Crippen LogP contribution < -0.4 is 0 Å². The van der Waals surface area contributed by atoms with Crippen LogP contribution in [0.3, 0.4) is 0 Å². The van der Waals surface area contributed by atoms with E-state index in [-0.39, 0.29) is 0 Å². The first-order valence-electron chi connectivity index (χ1n) is 7.31. The Balaban J connectivity index is 1.80. The van der Waals surface area contributed by atoms with Crippen molar-refractivity contribution in [1.82, 2.24) is 9.55 Å². The fraction of sp³-hybridized carbons (Fsp3) is 0.167. The van der Waals surface area contributed by atoms with Crippen molar-refractivity contribution in [2.24, 2.45) is 0 Å². The molecule has 4 rings (SSSR count). The lowest BCUT2D eigenvalue weighted by Gasteiger charge is -2.11. The fourth-order valence-corrected chi connectivity index (χ4v) is 3.42. The maximum atomic E-state index is 10.7. The lowest BCUT2D eigenvalue weighted by molar-refractivity contribution is 0.207. The SMILES string of the molecule is OC1c2ccc(Br)cc2CCn2cc(-c3ccccc3)nc21. The van der Waals surface area contributed by atoms with Gasteiger partial charge in [0.15, 0.2) is 0 Å². The molecule has 0 saturated heterocycles. The molecule has 0 radical (unpaired) electrons. The predicted octanol–water partition coefficient (Wildman–Crippen LogP) is 3.95. The van der Waals surface area contributed by atoms with E-state index in [0.717, 1.165) is 40.1 Å². The van der Waals surface area contributed by atoms with Crippen molar-refractivity contribution in [3.63, 3.8) is 0 Å². The molecule has 22 heavy (non-hydrogen) atoms. The predicted molar refractivity (Wildman–Crippen MR) is 89.6 cm³/mol. The highest BCUT2D eigenvalue weighted by Gasteiger charge is 2.24. The zero-order chi connectivity index (χ0) is 15.1. The Morgan fingerprint density at radius 3 is 2.77 bits per heavy atom. The third-order valence-corrected chi connectivity index (χ3v) is 4.64. The van der Waals surface area contributed by atoms with Crippen LogP contribution in [0.4, 0.5) is 0 Å². The molecule has 3 aromatic rings. The van der Waals surface area contributed by atoms with Crippen molar-refractivity contribution in [3.05, 3.63) is 76.2 Å². The number of aryl methyl sites for hydroxylation is 2. The summed E-state index contributed by atoms with van der Waals surface area (Å²) in [6.07, 6.45) is 2.25. The summed E-state index contributed by atoms with van der Waals surface area (Å²) in [5.41, 5.74) is 4.11. The molecule has 0 fully saturated rings. The Bertz CT molecular complexity index is 826. The maximum absolute atomic E-state index is 10.7. The van der Waals surface area contributed by atoms with Gasteiger partial charge in [-0.3, -0.25) is 0 Å². The summed E-state index contributed by atoms with van der Waals surface area (Å²) in [5, 5.41) is 10.7. The lowest BCUT2D eigenvalue weighted by atomic mass is 10.0. The Labute approximate surface area is 137 Å². The van der Waals surface area contributed by atoms with Gasteiger partial charge in [-0.05, 0) is 29.7 Å². The van der Waals surface area contributed by atoms with Crippen molar-refractivity contribution in [3.8, 4) is 11.3 Å². The quantitative estimate of drug-likeness (QED) is 0.718. The van der Waals surface area contributed by atoms with Crippen LogP contribution in [0.25, 0.3) is 11.3 Å². The van der Waals surface area contributed by atoms with E-state index in [1.807, 2.05) is 48.7 Å². The summed E-state index contributed by atoms with van der Waals surface area (Å²) in [6, 6.07) is 16.1. The average molecular weight is 355 g/mol. The number of aliphatic hydroxyl groups excluding tert-OH is 1. The van der Waals surface area contributed by atoms with Crippen LogP contribution in [-0.2, 0) is 13.0 Å². The van der Waals surface area contributed by atoms with Crippen molar-refractivity contribution >= 4 is 15.9 Å². The number of aromatic nitrogens is 2. The number of rotatable bonds is 1. The minimum atomic E-state index is -0.678. The summed E-state index contributed by atoms with van der Waals surface area (Å²) in [6.45, 7) is 0.829. The minimum absolute atomic E-state index is 0.678. The van der Waals surface area contributed by atoms with Crippen molar-refractivity contribution in [2.45, 2.75) is 19.1 Å². The van der Waals surface area contributed by atoms with E-state index in [9.17, 15) is 5.11 Å². The number of hydrogen-bond acceptors (Lipinski definition) is 2. The van der Waals surface area contributed by atoms with Crippen LogP contribution >= 0.6 is 15.9 Å². The number of fused-ring (bicyclic) bond motifs is 2. The molecule has 1 atom stereocenters. The maximum Gasteiger partial charge on any atom is 0.143 e. The van der Waals surface area contributed by atoms with Gasteiger partial charge in [-0.2, -0.15) is 0 Å². The van der Waals surface area contributed by atoms with Crippen LogP contribution in [0, 0.1) is 0 Å². The van der Waals surface area contributed by atoms with Gasteiger partial charge in [0.05, 0.1) is 5.69 Å². The summed E-state index contributed by atoms with van der Waals surface area (Å²) >= 11 is 3.50. The largest absolute Gasteiger partial charge is 0.380 e. The van der Waals surface area contributed by atoms with E-state index in [2.05, 4.69) is 31.5 Å². The van der Waals surface area contributed by atoms with Crippen molar-refractivity contribution < 1.29 is 5.11 Å². The van der Waals surface area contributed by atoms with Crippen molar-refractivity contribution in [2.75, 3.05) is 0 Å². The summed E-state index contributed by atoms with van der Waals surface area (Å²) in [5.74, 6) is 0.722. The molecule has 4 heteroatoms. The van der Waals surface area contributed by atoms with Gasteiger partial charge < -0.3 is 9.67 Å². The fourth-order valence-electron chi connectivity index (χ4n) is 3.01. The van der Waals surface area contributed by atoms with Gasteiger partial charge in [0, 0.05) is 22.8 Å². The van der Waals surface area contributed by atoms with Crippen LogP contribution in [0.1, 0.15) is 23.1 Å². The second-order valence-electron chi connectivity index (χ2n) is 5.54. The Hall–Kier alpha value is -1.91. The van der Waals surface area contributed by atoms with Crippen LogP contribution in [0.2, 0.25) is 0 Å². The molecule has 1 N–H and O–H groups in total. The molecule has 0 aliphatic carbocycles. The highest BCUT2D eigenvalue weighted by molar-refractivity contribution is 9.10. The number of halogens is 1. The van der Waals surface area contributed by atoms with Gasteiger partial charge in [-0.1, -0.05) is 52.3 Å². The number of aliphatic hydroxyl groups is 1. The van der Waals surface area contributed by atoms with E-state index in [1.54, 1.807) is 0 Å². The molecule has 0 saturated carbocycles.